The Hall–Kier alpha value is -2.76. The number of aryl methyl sites for hydroxylation is 1. The predicted molar refractivity (Wildman–Crippen MR) is 128 cm³/mol. The van der Waals surface area contributed by atoms with Crippen molar-refractivity contribution in [2.24, 2.45) is 5.92 Å². The van der Waals surface area contributed by atoms with E-state index in [0.717, 1.165) is 29.6 Å². The summed E-state index contributed by atoms with van der Waals surface area (Å²) in [5.41, 5.74) is 4.63. The molecule has 32 heavy (non-hydrogen) atoms. The zero-order chi connectivity index (χ0) is 22.5. The van der Waals surface area contributed by atoms with Crippen LogP contribution in [0.25, 0.3) is 10.9 Å². The van der Waals surface area contributed by atoms with Crippen LogP contribution in [0.4, 0.5) is 0 Å². The number of para-hydroxylation sites is 1. The van der Waals surface area contributed by atoms with Gasteiger partial charge in [-0.15, -0.1) is 0 Å². The summed E-state index contributed by atoms with van der Waals surface area (Å²) in [4.78, 5) is 22.5. The van der Waals surface area contributed by atoms with Crippen LogP contribution in [0.1, 0.15) is 30.5 Å². The summed E-state index contributed by atoms with van der Waals surface area (Å²) in [6.45, 7) is 10.6. The number of hydrogen-bond acceptors (Lipinski definition) is 4. The fourth-order valence-corrected chi connectivity index (χ4v) is 4.40. The molecule has 0 bridgehead atoms. The third-order valence-corrected chi connectivity index (χ3v) is 6.06. The van der Waals surface area contributed by atoms with Crippen LogP contribution in [-0.4, -0.2) is 53.0 Å². The molecule has 168 valence electrons. The highest BCUT2D eigenvalue weighted by Gasteiger charge is 2.31. The molecular formula is C27H33N3O2. The Morgan fingerprint density at radius 3 is 2.72 bits per heavy atom. The molecule has 1 amide bonds. The van der Waals surface area contributed by atoms with Gasteiger partial charge in [0.2, 0.25) is 0 Å². The molecule has 0 N–H and O–H groups in total. The topological polar surface area (TPSA) is 45.7 Å². The lowest BCUT2D eigenvalue weighted by Crippen LogP contribution is -2.51. The predicted octanol–water partition coefficient (Wildman–Crippen LogP) is 4.43. The molecule has 0 saturated carbocycles. The Kier molecular flexibility index (Phi) is 7.18. The molecule has 4 rings (SSSR count). The van der Waals surface area contributed by atoms with Crippen LogP contribution in [0.3, 0.4) is 0 Å². The zero-order valence-corrected chi connectivity index (χ0v) is 19.3. The van der Waals surface area contributed by atoms with Gasteiger partial charge >= 0.3 is 0 Å². The molecule has 1 aliphatic rings. The molecule has 1 fully saturated rings. The number of morpholine rings is 1. The summed E-state index contributed by atoms with van der Waals surface area (Å²) < 4.78 is 5.98. The first-order chi connectivity index (χ1) is 15.5. The lowest BCUT2D eigenvalue weighted by Gasteiger charge is -2.36. The van der Waals surface area contributed by atoms with Crippen molar-refractivity contribution >= 4 is 16.8 Å². The number of rotatable bonds is 7. The monoisotopic (exact) mass is 431 g/mol. The average Bonchev–Trinajstić information content (AvgIpc) is 2.80. The Balaban J connectivity index is 1.50. The molecule has 2 heterocycles. The smallest absolute Gasteiger partial charge is 0.253 e. The average molecular weight is 432 g/mol. The second-order valence-corrected chi connectivity index (χ2v) is 9.13. The molecule has 3 aromatic rings. The fourth-order valence-electron chi connectivity index (χ4n) is 4.40. The van der Waals surface area contributed by atoms with Crippen LogP contribution in [0.5, 0.6) is 0 Å². The Labute approximate surface area is 191 Å². The molecule has 5 nitrogen and oxygen atoms in total. The number of pyridine rings is 1. The highest BCUT2D eigenvalue weighted by Crippen LogP contribution is 2.21. The number of hydrogen-bond donors (Lipinski definition) is 0. The first-order valence-electron chi connectivity index (χ1n) is 11.5. The first kappa shape index (κ1) is 22.4. The number of ether oxygens (including phenoxy) is 1. The summed E-state index contributed by atoms with van der Waals surface area (Å²) in [6, 6.07) is 18.6. The Morgan fingerprint density at radius 1 is 1.12 bits per heavy atom. The fraction of sp³-hybridized carbons (Fsp3) is 0.407. The van der Waals surface area contributed by atoms with Crippen molar-refractivity contribution in [2.45, 2.75) is 40.0 Å². The number of fused-ring (bicyclic) bond motifs is 1. The van der Waals surface area contributed by atoms with E-state index in [9.17, 15) is 4.79 Å². The minimum Gasteiger partial charge on any atom is -0.366 e. The molecule has 1 atom stereocenters. The summed E-state index contributed by atoms with van der Waals surface area (Å²) in [6.07, 6.45) is 1.38. The standard InChI is InChI=1S/C27H33N3O2/c1-20(2)16-30(18-24-11-6-10-22-12-7-13-28-26(22)24)27(31)25-19-29(14-15-32-25)17-23-9-5-4-8-21(23)3/h4-13,20,25H,14-19H2,1-3H3/t25-/m1/s1. The van der Waals surface area contributed by atoms with Crippen molar-refractivity contribution < 1.29 is 9.53 Å². The van der Waals surface area contributed by atoms with E-state index in [2.05, 4.69) is 73.1 Å². The second-order valence-electron chi connectivity index (χ2n) is 9.13. The lowest BCUT2D eigenvalue weighted by atomic mass is 10.1. The minimum absolute atomic E-state index is 0.0705. The second kappa shape index (κ2) is 10.2. The maximum Gasteiger partial charge on any atom is 0.253 e. The number of carbonyl (C=O) groups is 1. The number of amides is 1. The molecule has 0 unspecified atom stereocenters. The first-order valence-corrected chi connectivity index (χ1v) is 11.5. The largest absolute Gasteiger partial charge is 0.366 e. The van der Waals surface area contributed by atoms with E-state index in [1.165, 1.54) is 11.1 Å². The van der Waals surface area contributed by atoms with Crippen LogP contribution in [-0.2, 0) is 22.6 Å². The van der Waals surface area contributed by atoms with Crippen LogP contribution in [0, 0.1) is 12.8 Å². The van der Waals surface area contributed by atoms with Gasteiger partial charge in [0.05, 0.1) is 12.1 Å². The van der Waals surface area contributed by atoms with E-state index in [0.29, 0.717) is 32.2 Å². The molecule has 1 aliphatic heterocycles. The van der Waals surface area contributed by atoms with Gasteiger partial charge < -0.3 is 9.64 Å². The Bertz CT molecular complexity index is 1060. The molecule has 0 spiro atoms. The number of carbonyl (C=O) groups excluding carboxylic acids is 1. The SMILES string of the molecule is Cc1ccccc1CN1CCO[C@@H](C(=O)N(Cc2cccc3cccnc23)CC(C)C)C1. The number of benzene rings is 2. The third kappa shape index (κ3) is 5.34. The van der Waals surface area contributed by atoms with Crippen molar-refractivity contribution in [3.05, 3.63) is 77.5 Å². The van der Waals surface area contributed by atoms with Crippen molar-refractivity contribution in [1.82, 2.24) is 14.8 Å². The molecule has 2 aromatic carbocycles. The molecule has 1 saturated heterocycles. The third-order valence-electron chi connectivity index (χ3n) is 6.06. The van der Waals surface area contributed by atoms with Gasteiger partial charge in [0.1, 0.15) is 6.10 Å². The van der Waals surface area contributed by atoms with E-state index < -0.39 is 6.10 Å². The lowest BCUT2D eigenvalue weighted by molar-refractivity contribution is -0.151. The maximum absolute atomic E-state index is 13.6. The van der Waals surface area contributed by atoms with Crippen LogP contribution in [0.15, 0.2) is 60.8 Å². The van der Waals surface area contributed by atoms with E-state index in [4.69, 9.17) is 4.74 Å². The van der Waals surface area contributed by atoms with E-state index in [1.54, 1.807) is 0 Å². The van der Waals surface area contributed by atoms with Crippen molar-refractivity contribution in [3.8, 4) is 0 Å². The highest BCUT2D eigenvalue weighted by molar-refractivity contribution is 5.84. The molecule has 0 aliphatic carbocycles. The zero-order valence-electron chi connectivity index (χ0n) is 19.3. The molecule has 5 heteroatoms. The van der Waals surface area contributed by atoms with Gasteiger partial charge in [0, 0.05) is 44.3 Å². The van der Waals surface area contributed by atoms with Gasteiger partial charge in [-0.05, 0) is 35.6 Å². The maximum atomic E-state index is 13.6. The van der Waals surface area contributed by atoms with Crippen LogP contribution in [0.2, 0.25) is 0 Å². The number of aromatic nitrogens is 1. The quantitative estimate of drug-likeness (QED) is 0.555. The normalized spacial score (nSPS) is 17.1. The van der Waals surface area contributed by atoms with Gasteiger partial charge in [-0.2, -0.15) is 0 Å². The number of nitrogens with zero attached hydrogens (tertiary/aromatic N) is 3. The minimum atomic E-state index is -0.436. The van der Waals surface area contributed by atoms with Gasteiger partial charge in [0.25, 0.3) is 5.91 Å². The van der Waals surface area contributed by atoms with Gasteiger partial charge in [0.15, 0.2) is 0 Å². The van der Waals surface area contributed by atoms with Crippen molar-refractivity contribution in [3.63, 3.8) is 0 Å². The van der Waals surface area contributed by atoms with Gasteiger partial charge in [-0.25, -0.2) is 0 Å². The van der Waals surface area contributed by atoms with Gasteiger partial charge in [-0.1, -0.05) is 62.4 Å². The summed E-state index contributed by atoms with van der Waals surface area (Å²) in [5.74, 6) is 0.440. The van der Waals surface area contributed by atoms with E-state index >= 15 is 0 Å². The molecule has 1 aromatic heterocycles. The van der Waals surface area contributed by atoms with Crippen molar-refractivity contribution in [2.75, 3.05) is 26.2 Å². The highest BCUT2D eigenvalue weighted by atomic mass is 16.5. The summed E-state index contributed by atoms with van der Waals surface area (Å²) in [7, 11) is 0. The van der Waals surface area contributed by atoms with Gasteiger partial charge in [-0.3, -0.25) is 14.7 Å². The Morgan fingerprint density at radius 2 is 1.91 bits per heavy atom. The summed E-state index contributed by atoms with van der Waals surface area (Å²) in [5, 5.41) is 1.10. The van der Waals surface area contributed by atoms with E-state index in [1.807, 2.05) is 23.2 Å². The summed E-state index contributed by atoms with van der Waals surface area (Å²) >= 11 is 0. The molecule has 0 radical (unpaired) electrons. The van der Waals surface area contributed by atoms with Crippen LogP contribution >= 0.6 is 0 Å². The van der Waals surface area contributed by atoms with E-state index in [-0.39, 0.29) is 5.91 Å². The van der Waals surface area contributed by atoms with Crippen LogP contribution < -0.4 is 0 Å². The molecular weight excluding hydrogens is 398 g/mol. The van der Waals surface area contributed by atoms with Crippen molar-refractivity contribution in [1.29, 1.82) is 0 Å².